The number of carboxylic acids is 1. The number of ether oxygens (including phenoxy) is 1. The number of aryl methyl sites for hydroxylation is 2. The second-order valence-electron chi connectivity index (χ2n) is 9.35. The standard InChI is InChI=1S/C30H28N2O5/c1-18-26(29(35)30(31)36)27-24(37-17-25(33)34)15-20-12-8-14-23(20)28(27)32(18)16-21-11-6-3-7-13-22(21)19-9-4-2-5-10-19/h2-5,7,9-11,13,15H,6,8,12,14,16-17H2,1H3,(H2,31,36)(H,33,34). The van der Waals surface area contributed by atoms with Gasteiger partial charge in [-0.25, -0.2) is 4.79 Å². The first-order chi connectivity index (χ1) is 17.9. The molecule has 2 aliphatic carbocycles. The zero-order valence-corrected chi connectivity index (χ0v) is 20.6. The molecule has 0 aliphatic heterocycles. The molecule has 0 saturated carbocycles. The van der Waals surface area contributed by atoms with Crippen molar-refractivity contribution in [1.82, 2.24) is 4.57 Å². The maximum Gasteiger partial charge on any atom is 0.341 e. The van der Waals surface area contributed by atoms with Gasteiger partial charge in [0.15, 0.2) is 6.61 Å². The summed E-state index contributed by atoms with van der Waals surface area (Å²) in [7, 11) is 0. The molecule has 0 bridgehead atoms. The number of carbonyl (C=O) groups excluding carboxylic acids is 2. The third-order valence-corrected chi connectivity index (χ3v) is 7.08. The molecule has 1 amide bonds. The second kappa shape index (κ2) is 9.93. The predicted octanol–water partition coefficient (Wildman–Crippen LogP) is 4.54. The zero-order chi connectivity index (χ0) is 26.1. The summed E-state index contributed by atoms with van der Waals surface area (Å²) in [6.45, 7) is 1.71. The number of primary amides is 1. The number of hydrogen-bond acceptors (Lipinski definition) is 4. The Morgan fingerprint density at radius 1 is 1.14 bits per heavy atom. The number of rotatable bonds is 8. The lowest BCUT2D eigenvalue weighted by Crippen LogP contribution is -2.24. The highest BCUT2D eigenvalue weighted by Crippen LogP contribution is 2.42. The van der Waals surface area contributed by atoms with E-state index in [1.54, 1.807) is 6.92 Å². The third-order valence-electron chi connectivity index (χ3n) is 7.08. The fourth-order valence-corrected chi connectivity index (χ4v) is 5.46. The van der Waals surface area contributed by atoms with Crippen molar-refractivity contribution in [2.75, 3.05) is 6.61 Å². The van der Waals surface area contributed by atoms with Gasteiger partial charge in [-0.05, 0) is 66.5 Å². The monoisotopic (exact) mass is 496 g/mol. The molecule has 0 fully saturated rings. The zero-order valence-electron chi connectivity index (χ0n) is 20.6. The Hall–Kier alpha value is -4.39. The Bertz CT molecular complexity index is 1520. The Kier molecular flexibility index (Phi) is 6.53. The Labute approximate surface area is 214 Å². The molecular formula is C30H28N2O5. The van der Waals surface area contributed by atoms with Crippen LogP contribution in [0, 0.1) is 6.92 Å². The molecule has 2 aliphatic rings. The van der Waals surface area contributed by atoms with Crippen LogP contribution in [0.1, 0.15) is 45.6 Å². The van der Waals surface area contributed by atoms with E-state index in [9.17, 15) is 19.5 Å². The van der Waals surface area contributed by atoms with Gasteiger partial charge in [-0.1, -0.05) is 54.6 Å². The summed E-state index contributed by atoms with van der Waals surface area (Å²) in [6.07, 6.45) is 11.8. The minimum atomic E-state index is -1.12. The maximum atomic E-state index is 13.1. The van der Waals surface area contributed by atoms with Crippen LogP contribution in [-0.4, -0.2) is 33.9 Å². The first kappa shape index (κ1) is 24.3. The van der Waals surface area contributed by atoms with Crippen molar-refractivity contribution in [1.29, 1.82) is 0 Å². The normalized spacial score (nSPS) is 14.6. The summed E-state index contributed by atoms with van der Waals surface area (Å²) in [4.78, 5) is 36.5. The van der Waals surface area contributed by atoms with E-state index in [4.69, 9.17) is 10.5 Å². The first-order valence-corrected chi connectivity index (χ1v) is 12.3. The van der Waals surface area contributed by atoms with E-state index in [-0.39, 0.29) is 5.56 Å². The fraction of sp³-hybridized carbons (Fsp3) is 0.233. The number of aromatic nitrogens is 1. The lowest BCUT2D eigenvalue weighted by atomic mass is 9.97. The first-order valence-electron chi connectivity index (χ1n) is 12.3. The molecule has 1 aromatic heterocycles. The van der Waals surface area contributed by atoms with Gasteiger partial charge in [0.05, 0.1) is 16.5 Å². The molecule has 0 spiro atoms. The highest BCUT2D eigenvalue weighted by Gasteiger charge is 2.31. The molecule has 5 rings (SSSR count). The van der Waals surface area contributed by atoms with E-state index < -0.39 is 24.3 Å². The molecule has 0 unspecified atom stereocenters. The molecule has 3 aromatic rings. The Balaban J connectivity index is 1.74. The van der Waals surface area contributed by atoms with Crippen LogP contribution in [0.4, 0.5) is 0 Å². The number of Topliss-reactive ketones (excluding diaryl/α,β-unsaturated/α-hetero) is 1. The molecule has 7 heteroatoms. The van der Waals surface area contributed by atoms with E-state index in [0.29, 0.717) is 23.4 Å². The van der Waals surface area contributed by atoms with Gasteiger partial charge in [-0.3, -0.25) is 9.59 Å². The number of ketones is 1. The summed E-state index contributed by atoms with van der Waals surface area (Å²) in [5.74, 6) is -2.70. The fourth-order valence-electron chi connectivity index (χ4n) is 5.46. The molecule has 188 valence electrons. The van der Waals surface area contributed by atoms with Crippen molar-refractivity contribution in [3.05, 3.63) is 94.2 Å². The average molecular weight is 497 g/mol. The van der Waals surface area contributed by atoms with Crippen LogP contribution in [0.2, 0.25) is 0 Å². The smallest absolute Gasteiger partial charge is 0.341 e. The van der Waals surface area contributed by atoms with Gasteiger partial charge in [0.1, 0.15) is 5.75 Å². The molecule has 0 saturated heterocycles. The van der Waals surface area contributed by atoms with Crippen molar-refractivity contribution in [3.63, 3.8) is 0 Å². The number of benzene rings is 2. The Morgan fingerprint density at radius 2 is 1.92 bits per heavy atom. The van der Waals surface area contributed by atoms with E-state index >= 15 is 0 Å². The van der Waals surface area contributed by atoms with Crippen molar-refractivity contribution >= 4 is 34.1 Å². The molecule has 0 atom stereocenters. The predicted molar refractivity (Wildman–Crippen MR) is 142 cm³/mol. The lowest BCUT2D eigenvalue weighted by Gasteiger charge is -2.17. The summed E-state index contributed by atoms with van der Waals surface area (Å²) in [5, 5.41) is 9.72. The van der Waals surface area contributed by atoms with E-state index in [2.05, 4.69) is 34.9 Å². The van der Waals surface area contributed by atoms with Crippen LogP contribution in [0.15, 0.2) is 66.3 Å². The molecular weight excluding hydrogens is 468 g/mol. The van der Waals surface area contributed by atoms with Crippen molar-refractivity contribution < 1.29 is 24.2 Å². The van der Waals surface area contributed by atoms with E-state index in [1.807, 2.05) is 30.3 Å². The number of nitrogens with two attached hydrogens (primary N) is 1. The number of amides is 1. The van der Waals surface area contributed by atoms with Crippen LogP contribution in [0.25, 0.3) is 16.5 Å². The molecule has 0 radical (unpaired) electrons. The number of aliphatic carboxylic acids is 1. The van der Waals surface area contributed by atoms with Crippen molar-refractivity contribution in [2.24, 2.45) is 5.73 Å². The van der Waals surface area contributed by atoms with Gasteiger partial charge in [0.2, 0.25) is 0 Å². The van der Waals surface area contributed by atoms with Crippen LogP contribution in [-0.2, 0) is 29.0 Å². The minimum absolute atomic E-state index is 0.176. The highest BCUT2D eigenvalue weighted by atomic mass is 16.5. The van der Waals surface area contributed by atoms with E-state index in [1.165, 1.54) is 0 Å². The number of carboxylic acid groups (broad SMARTS) is 1. The molecule has 7 nitrogen and oxygen atoms in total. The number of allylic oxidation sites excluding steroid dienone is 6. The van der Waals surface area contributed by atoms with Crippen LogP contribution in [0.5, 0.6) is 5.75 Å². The van der Waals surface area contributed by atoms with Gasteiger partial charge in [-0.15, -0.1) is 0 Å². The highest BCUT2D eigenvalue weighted by molar-refractivity contribution is 6.45. The van der Waals surface area contributed by atoms with Crippen molar-refractivity contribution in [2.45, 2.75) is 39.2 Å². The molecule has 2 aromatic carbocycles. The SMILES string of the molecule is Cc1c(C(=O)C(N)=O)c2c(OCC(=O)O)cc3c(c2n1CC1=CCC=CC=C1c1ccccc1)CCC3. The molecule has 1 heterocycles. The number of fused-ring (bicyclic) bond motifs is 3. The summed E-state index contributed by atoms with van der Waals surface area (Å²) >= 11 is 0. The minimum Gasteiger partial charge on any atom is -0.481 e. The quantitative estimate of drug-likeness (QED) is 0.351. The topological polar surface area (TPSA) is 112 Å². The van der Waals surface area contributed by atoms with E-state index in [0.717, 1.165) is 59.0 Å². The van der Waals surface area contributed by atoms with Gasteiger partial charge in [0.25, 0.3) is 11.7 Å². The number of nitrogens with zero attached hydrogens (tertiary/aromatic N) is 1. The van der Waals surface area contributed by atoms with Gasteiger partial charge < -0.3 is 20.1 Å². The van der Waals surface area contributed by atoms with Gasteiger partial charge in [0, 0.05) is 12.2 Å². The largest absolute Gasteiger partial charge is 0.481 e. The van der Waals surface area contributed by atoms with Crippen LogP contribution in [0.3, 0.4) is 0 Å². The Morgan fingerprint density at radius 3 is 2.65 bits per heavy atom. The van der Waals surface area contributed by atoms with Crippen molar-refractivity contribution in [3.8, 4) is 5.75 Å². The number of hydrogen-bond donors (Lipinski definition) is 2. The van der Waals surface area contributed by atoms with Crippen LogP contribution >= 0.6 is 0 Å². The van der Waals surface area contributed by atoms with Gasteiger partial charge in [-0.2, -0.15) is 0 Å². The lowest BCUT2D eigenvalue weighted by molar-refractivity contribution is -0.139. The maximum absolute atomic E-state index is 13.1. The summed E-state index contributed by atoms with van der Waals surface area (Å²) in [5.41, 5.74) is 12.5. The average Bonchev–Trinajstić information content (AvgIpc) is 3.37. The molecule has 37 heavy (non-hydrogen) atoms. The second-order valence-corrected chi connectivity index (χ2v) is 9.35. The third kappa shape index (κ3) is 4.48. The van der Waals surface area contributed by atoms with Gasteiger partial charge >= 0.3 is 5.97 Å². The molecule has 3 N–H and O–H groups in total. The number of carbonyl (C=O) groups is 3. The summed E-state index contributed by atoms with van der Waals surface area (Å²) in [6, 6.07) is 11.9. The summed E-state index contributed by atoms with van der Waals surface area (Å²) < 4.78 is 7.76. The van der Waals surface area contributed by atoms with Crippen LogP contribution < -0.4 is 10.5 Å².